The molecule has 0 aromatic heterocycles. The lowest BCUT2D eigenvalue weighted by molar-refractivity contribution is -0.140. The number of nitrogens with zero attached hydrogens (tertiary/aromatic N) is 2. The molecule has 1 heterocycles. The molecule has 1 aliphatic heterocycles. The van der Waals surface area contributed by atoms with Crippen LogP contribution in [0.5, 0.6) is 0 Å². The van der Waals surface area contributed by atoms with E-state index in [2.05, 4.69) is 25.1 Å². The fourth-order valence-corrected chi connectivity index (χ4v) is 2.49. The van der Waals surface area contributed by atoms with E-state index in [-0.39, 0.29) is 30.6 Å². The van der Waals surface area contributed by atoms with E-state index in [4.69, 9.17) is 0 Å². The highest BCUT2D eigenvalue weighted by Crippen LogP contribution is 2.09. The molecular weight excluding hydrogens is 314 g/mol. The number of amides is 2. The molecule has 1 rings (SSSR count). The van der Waals surface area contributed by atoms with Crippen molar-refractivity contribution >= 4 is 24.2 Å². The smallest absolute Gasteiger partial charge is 0.240 e. The molecule has 0 spiro atoms. The summed E-state index contributed by atoms with van der Waals surface area (Å²) in [6.07, 6.45) is 7.20. The zero-order valence-corrected chi connectivity index (χ0v) is 14.5. The predicted octanol–water partition coefficient (Wildman–Crippen LogP) is 1.77. The molecule has 0 aromatic rings. The fraction of sp³-hybridized carbons (Fsp3) is 0.529. The van der Waals surface area contributed by atoms with Gasteiger partial charge in [-0.3, -0.25) is 9.59 Å². The Morgan fingerprint density at radius 1 is 1.26 bits per heavy atom. The quantitative estimate of drug-likeness (QED) is 0.486. The lowest BCUT2D eigenvalue weighted by Crippen LogP contribution is -2.56. The first-order valence-electron chi connectivity index (χ1n) is 7.76. The maximum Gasteiger partial charge on any atom is 0.240 e. The van der Waals surface area contributed by atoms with Gasteiger partial charge in [0.15, 0.2) is 0 Å². The van der Waals surface area contributed by atoms with Crippen LogP contribution in [0.15, 0.2) is 38.0 Å². The van der Waals surface area contributed by atoms with E-state index in [0.717, 1.165) is 25.9 Å². The van der Waals surface area contributed by atoms with Crippen molar-refractivity contribution in [2.45, 2.75) is 25.3 Å². The molecule has 0 bridgehead atoms. The van der Waals surface area contributed by atoms with E-state index in [1.807, 2.05) is 11.0 Å². The SMILES string of the molecule is C=CCCCN1CCNC(CC(=O)N(CC=C)CC=C)C1=O.Cl. The first kappa shape index (κ1) is 21.4. The third-order valence-corrected chi connectivity index (χ3v) is 3.65. The molecular formula is C17H28ClN3O2. The summed E-state index contributed by atoms with van der Waals surface area (Å²) >= 11 is 0. The molecule has 1 N–H and O–H groups in total. The summed E-state index contributed by atoms with van der Waals surface area (Å²) < 4.78 is 0. The van der Waals surface area contributed by atoms with Crippen molar-refractivity contribution in [1.82, 2.24) is 15.1 Å². The van der Waals surface area contributed by atoms with E-state index in [1.165, 1.54) is 0 Å². The lowest BCUT2D eigenvalue weighted by Gasteiger charge is -2.33. The fourth-order valence-electron chi connectivity index (χ4n) is 2.49. The molecule has 2 amide bonds. The largest absolute Gasteiger partial charge is 0.340 e. The summed E-state index contributed by atoms with van der Waals surface area (Å²) in [5, 5.41) is 3.15. The topological polar surface area (TPSA) is 52.7 Å². The third-order valence-electron chi connectivity index (χ3n) is 3.65. The maximum atomic E-state index is 12.4. The molecule has 0 aliphatic carbocycles. The number of allylic oxidation sites excluding steroid dienone is 1. The van der Waals surface area contributed by atoms with Gasteiger partial charge in [0.1, 0.15) is 0 Å². The normalized spacial score (nSPS) is 17.1. The second kappa shape index (κ2) is 11.9. The standard InChI is InChI=1S/C17H27N3O2.ClH/c1-4-7-8-12-20-13-9-18-15(17(20)22)14-16(21)19(10-5-2)11-6-3;/h4-6,15,18H,1-3,7-14H2;1H. The number of carbonyl (C=O) groups is 2. The van der Waals surface area contributed by atoms with Gasteiger partial charge < -0.3 is 15.1 Å². The van der Waals surface area contributed by atoms with Crippen molar-refractivity contribution in [3.05, 3.63) is 38.0 Å². The van der Waals surface area contributed by atoms with Crippen LogP contribution >= 0.6 is 12.4 Å². The highest BCUT2D eigenvalue weighted by Gasteiger charge is 2.30. The highest BCUT2D eigenvalue weighted by molar-refractivity contribution is 5.89. The second-order valence-electron chi connectivity index (χ2n) is 5.34. The molecule has 130 valence electrons. The van der Waals surface area contributed by atoms with Crippen LogP contribution in [0.4, 0.5) is 0 Å². The summed E-state index contributed by atoms with van der Waals surface area (Å²) in [4.78, 5) is 28.2. The monoisotopic (exact) mass is 341 g/mol. The Labute approximate surface area is 145 Å². The van der Waals surface area contributed by atoms with Crippen LogP contribution in [0.3, 0.4) is 0 Å². The van der Waals surface area contributed by atoms with Crippen molar-refractivity contribution in [2.75, 3.05) is 32.7 Å². The van der Waals surface area contributed by atoms with Gasteiger partial charge in [0, 0.05) is 32.7 Å². The van der Waals surface area contributed by atoms with Crippen LogP contribution in [0.1, 0.15) is 19.3 Å². The zero-order valence-electron chi connectivity index (χ0n) is 13.7. The van der Waals surface area contributed by atoms with Gasteiger partial charge in [0.2, 0.25) is 11.8 Å². The van der Waals surface area contributed by atoms with Crippen molar-refractivity contribution < 1.29 is 9.59 Å². The molecule has 1 atom stereocenters. The lowest BCUT2D eigenvalue weighted by atomic mass is 10.1. The van der Waals surface area contributed by atoms with Gasteiger partial charge in [0.05, 0.1) is 12.5 Å². The van der Waals surface area contributed by atoms with Crippen LogP contribution in [-0.4, -0.2) is 60.4 Å². The Balaban J connectivity index is 0.00000484. The van der Waals surface area contributed by atoms with Gasteiger partial charge in [-0.25, -0.2) is 0 Å². The first-order chi connectivity index (χ1) is 10.6. The van der Waals surface area contributed by atoms with Gasteiger partial charge >= 0.3 is 0 Å². The summed E-state index contributed by atoms with van der Waals surface area (Å²) in [6.45, 7) is 14.1. The van der Waals surface area contributed by atoms with Crippen molar-refractivity contribution in [3.63, 3.8) is 0 Å². The predicted molar refractivity (Wildman–Crippen MR) is 96.6 cm³/mol. The Morgan fingerprint density at radius 3 is 2.48 bits per heavy atom. The molecule has 1 aliphatic rings. The highest BCUT2D eigenvalue weighted by atomic mass is 35.5. The Bertz CT molecular complexity index is 416. The molecule has 0 radical (unpaired) electrons. The minimum atomic E-state index is -0.429. The van der Waals surface area contributed by atoms with E-state index < -0.39 is 6.04 Å². The Morgan fingerprint density at radius 2 is 1.91 bits per heavy atom. The zero-order chi connectivity index (χ0) is 16.4. The Hall–Kier alpha value is -1.59. The summed E-state index contributed by atoms with van der Waals surface area (Å²) in [6, 6.07) is -0.429. The molecule has 23 heavy (non-hydrogen) atoms. The number of unbranched alkanes of at least 4 members (excludes halogenated alkanes) is 1. The average Bonchev–Trinajstić information content (AvgIpc) is 2.51. The van der Waals surface area contributed by atoms with Gasteiger partial charge in [0.25, 0.3) is 0 Å². The molecule has 6 heteroatoms. The molecule has 0 aromatic carbocycles. The van der Waals surface area contributed by atoms with Crippen LogP contribution in [0.2, 0.25) is 0 Å². The van der Waals surface area contributed by atoms with Crippen molar-refractivity contribution in [2.24, 2.45) is 0 Å². The van der Waals surface area contributed by atoms with Crippen molar-refractivity contribution in [1.29, 1.82) is 0 Å². The van der Waals surface area contributed by atoms with E-state index >= 15 is 0 Å². The minimum Gasteiger partial charge on any atom is -0.340 e. The number of nitrogens with one attached hydrogen (secondary N) is 1. The number of hydrogen-bond acceptors (Lipinski definition) is 3. The molecule has 0 saturated carbocycles. The number of rotatable bonds is 10. The van der Waals surface area contributed by atoms with E-state index in [1.54, 1.807) is 17.1 Å². The molecule has 1 saturated heterocycles. The average molecular weight is 342 g/mol. The molecule has 5 nitrogen and oxygen atoms in total. The van der Waals surface area contributed by atoms with Crippen LogP contribution in [0, 0.1) is 0 Å². The maximum absolute atomic E-state index is 12.4. The number of hydrogen-bond donors (Lipinski definition) is 1. The number of halogens is 1. The van der Waals surface area contributed by atoms with E-state index in [9.17, 15) is 9.59 Å². The van der Waals surface area contributed by atoms with Gasteiger partial charge in [-0.1, -0.05) is 18.2 Å². The summed E-state index contributed by atoms with van der Waals surface area (Å²) in [5.41, 5.74) is 0. The minimum absolute atomic E-state index is 0. The third kappa shape index (κ3) is 7.01. The van der Waals surface area contributed by atoms with Gasteiger partial charge in [-0.15, -0.1) is 32.1 Å². The van der Waals surface area contributed by atoms with Crippen LogP contribution in [0.25, 0.3) is 0 Å². The Kier molecular flexibility index (Phi) is 11.1. The summed E-state index contributed by atoms with van der Waals surface area (Å²) in [5.74, 6) is -0.0422. The molecule has 1 unspecified atom stereocenters. The van der Waals surface area contributed by atoms with Gasteiger partial charge in [-0.05, 0) is 12.8 Å². The van der Waals surface area contributed by atoms with Crippen LogP contribution in [-0.2, 0) is 9.59 Å². The van der Waals surface area contributed by atoms with Gasteiger partial charge in [-0.2, -0.15) is 0 Å². The number of piperazine rings is 1. The number of carbonyl (C=O) groups excluding carboxylic acids is 2. The van der Waals surface area contributed by atoms with E-state index in [0.29, 0.717) is 19.6 Å². The van der Waals surface area contributed by atoms with Crippen molar-refractivity contribution in [3.8, 4) is 0 Å². The summed E-state index contributed by atoms with van der Waals surface area (Å²) in [7, 11) is 0. The van der Waals surface area contributed by atoms with Crippen LogP contribution < -0.4 is 5.32 Å². The molecule has 1 fully saturated rings. The second-order valence-corrected chi connectivity index (χ2v) is 5.34. The first-order valence-corrected chi connectivity index (χ1v) is 7.76.